The van der Waals surface area contributed by atoms with E-state index in [9.17, 15) is 19.3 Å². The van der Waals surface area contributed by atoms with E-state index in [0.29, 0.717) is 6.04 Å². The van der Waals surface area contributed by atoms with Crippen LogP contribution < -0.4 is 10.6 Å². The van der Waals surface area contributed by atoms with Crippen LogP contribution in [0.4, 0.5) is 15.8 Å². The number of carbonyl (C=O) groups is 1. The van der Waals surface area contributed by atoms with Crippen LogP contribution in [-0.4, -0.2) is 23.4 Å². The molecule has 6 nitrogen and oxygen atoms in total. The van der Waals surface area contributed by atoms with Gasteiger partial charge in [-0.15, -0.1) is 0 Å². The predicted octanol–water partition coefficient (Wildman–Crippen LogP) is 2.20. The number of non-ortho nitro benzene ring substituents is 1. The number of halogens is 1. The molecule has 0 spiro atoms. The molecule has 108 valence electrons. The summed E-state index contributed by atoms with van der Waals surface area (Å²) < 4.78 is 13.5. The monoisotopic (exact) mass is 281 g/mol. The summed E-state index contributed by atoms with van der Waals surface area (Å²) >= 11 is 0. The van der Waals surface area contributed by atoms with E-state index < -0.39 is 16.6 Å². The molecule has 1 saturated carbocycles. The maximum Gasteiger partial charge on any atom is 0.271 e. The smallest absolute Gasteiger partial charge is 0.271 e. The van der Waals surface area contributed by atoms with E-state index in [0.717, 1.165) is 43.9 Å². The fraction of sp³-hybridized carbons (Fsp3) is 0.462. The summed E-state index contributed by atoms with van der Waals surface area (Å²) in [5, 5.41) is 16.0. The molecule has 0 heterocycles. The van der Waals surface area contributed by atoms with E-state index in [1.54, 1.807) is 0 Å². The van der Waals surface area contributed by atoms with E-state index in [-0.39, 0.29) is 17.9 Å². The molecule has 1 aliphatic carbocycles. The highest BCUT2D eigenvalue weighted by molar-refractivity contribution is 5.92. The van der Waals surface area contributed by atoms with Gasteiger partial charge >= 0.3 is 0 Å². The third-order valence-electron chi connectivity index (χ3n) is 3.34. The standard InChI is InChI=1S/C13H16FN3O3/c14-11-6-5-10(17(19)20)7-12(11)16-13(18)8-15-9-3-1-2-4-9/h5-7,9,15H,1-4,8H2,(H,16,18). The summed E-state index contributed by atoms with van der Waals surface area (Å²) in [7, 11) is 0. The number of hydrogen-bond donors (Lipinski definition) is 2. The lowest BCUT2D eigenvalue weighted by Gasteiger charge is -2.12. The van der Waals surface area contributed by atoms with Gasteiger partial charge in [-0.3, -0.25) is 14.9 Å². The predicted molar refractivity (Wildman–Crippen MR) is 71.9 cm³/mol. The molecule has 1 fully saturated rings. The van der Waals surface area contributed by atoms with Crippen molar-refractivity contribution < 1.29 is 14.1 Å². The highest BCUT2D eigenvalue weighted by Crippen LogP contribution is 2.21. The average Bonchev–Trinajstić information content (AvgIpc) is 2.92. The largest absolute Gasteiger partial charge is 0.322 e. The van der Waals surface area contributed by atoms with Gasteiger partial charge in [-0.2, -0.15) is 0 Å². The molecule has 2 N–H and O–H groups in total. The van der Waals surface area contributed by atoms with Crippen LogP contribution in [0.25, 0.3) is 0 Å². The molecule has 0 atom stereocenters. The number of benzene rings is 1. The van der Waals surface area contributed by atoms with Crippen molar-refractivity contribution >= 4 is 17.3 Å². The number of nitro benzene ring substituents is 1. The Hall–Kier alpha value is -2.02. The van der Waals surface area contributed by atoms with Crippen molar-refractivity contribution in [1.29, 1.82) is 0 Å². The van der Waals surface area contributed by atoms with Gasteiger partial charge in [-0.25, -0.2) is 4.39 Å². The van der Waals surface area contributed by atoms with Crippen LogP contribution in [0.2, 0.25) is 0 Å². The molecule has 0 unspecified atom stereocenters. The van der Waals surface area contributed by atoms with Crippen molar-refractivity contribution in [1.82, 2.24) is 5.32 Å². The number of anilines is 1. The summed E-state index contributed by atoms with van der Waals surface area (Å²) in [5.74, 6) is -1.10. The number of hydrogen-bond acceptors (Lipinski definition) is 4. The van der Waals surface area contributed by atoms with Gasteiger partial charge in [0.25, 0.3) is 5.69 Å². The zero-order valence-electron chi connectivity index (χ0n) is 10.9. The molecule has 2 rings (SSSR count). The Bertz CT molecular complexity index is 516. The second-order valence-corrected chi connectivity index (χ2v) is 4.83. The van der Waals surface area contributed by atoms with Gasteiger partial charge in [0.15, 0.2) is 0 Å². The van der Waals surface area contributed by atoms with Gasteiger partial charge in [-0.1, -0.05) is 12.8 Å². The van der Waals surface area contributed by atoms with Crippen LogP contribution in [0.1, 0.15) is 25.7 Å². The van der Waals surface area contributed by atoms with Crippen LogP contribution >= 0.6 is 0 Å². The minimum atomic E-state index is -0.690. The van der Waals surface area contributed by atoms with Gasteiger partial charge in [-0.05, 0) is 18.9 Å². The molecule has 7 heteroatoms. The molecule has 0 radical (unpaired) electrons. The lowest BCUT2D eigenvalue weighted by molar-refractivity contribution is -0.384. The Labute approximate surface area is 115 Å². The fourth-order valence-corrected chi connectivity index (χ4v) is 2.28. The number of nitro groups is 1. The maximum atomic E-state index is 13.5. The Balaban J connectivity index is 1.92. The van der Waals surface area contributed by atoms with Crippen molar-refractivity contribution in [2.45, 2.75) is 31.7 Å². The summed E-state index contributed by atoms with van der Waals surface area (Å²) in [6.07, 6.45) is 4.38. The molecular weight excluding hydrogens is 265 g/mol. The number of nitrogens with one attached hydrogen (secondary N) is 2. The number of amides is 1. The lowest BCUT2D eigenvalue weighted by Crippen LogP contribution is -2.34. The Kier molecular flexibility index (Phi) is 4.62. The van der Waals surface area contributed by atoms with Gasteiger partial charge in [0.2, 0.25) is 5.91 Å². The summed E-state index contributed by atoms with van der Waals surface area (Å²) in [5.41, 5.74) is -0.428. The summed E-state index contributed by atoms with van der Waals surface area (Å²) in [6.45, 7) is 0.0762. The number of rotatable bonds is 5. The first kappa shape index (κ1) is 14.4. The van der Waals surface area contributed by atoms with E-state index in [1.165, 1.54) is 0 Å². The van der Waals surface area contributed by atoms with Crippen molar-refractivity contribution in [2.75, 3.05) is 11.9 Å². The first-order valence-corrected chi connectivity index (χ1v) is 6.53. The minimum Gasteiger partial charge on any atom is -0.322 e. The zero-order chi connectivity index (χ0) is 14.5. The topological polar surface area (TPSA) is 84.3 Å². The second-order valence-electron chi connectivity index (χ2n) is 4.83. The van der Waals surface area contributed by atoms with Crippen LogP contribution in [0.3, 0.4) is 0 Å². The van der Waals surface area contributed by atoms with E-state index in [2.05, 4.69) is 10.6 Å². The first-order chi connectivity index (χ1) is 9.56. The Morgan fingerprint density at radius 1 is 1.40 bits per heavy atom. The normalized spacial score (nSPS) is 15.2. The second kappa shape index (κ2) is 6.42. The fourth-order valence-electron chi connectivity index (χ4n) is 2.28. The molecule has 20 heavy (non-hydrogen) atoms. The maximum absolute atomic E-state index is 13.5. The van der Waals surface area contributed by atoms with Crippen molar-refractivity contribution in [3.63, 3.8) is 0 Å². The van der Waals surface area contributed by atoms with E-state index >= 15 is 0 Å². The molecular formula is C13H16FN3O3. The molecule has 0 aliphatic heterocycles. The Morgan fingerprint density at radius 3 is 2.75 bits per heavy atom. The zero-order valence-corrected chi connectivity index (χ0v) is 10.9. The third-order valence-corrected chi connectivity index (χ3v) is 3.34. The highest BCUT2D eigenvalue weighted by Gasteiger charge is 2.17. The average molecular weight is 281 g/mol. The highest BCUT2D eigenvalue weighted by atomic mass is 19.1. The van der Waals surface area contributed by atoms with Crippen molar-refractivity contribution in [3.05, 3.63) is 34.1 Å². The Morgan fingerprint density at radius 2 is 2.10 bits per heavy atom. The molecule has 0 saturated heterocycles. The van der Waals surface area contributed by atoms with Gasteiger partial charge < -0.3 is 10.6 Å². The van der Waals surface area contributed by atoms with Crippen LogP contribution in [0, 0.1) is 15.9 Å². The van der Waals surface area contributed by atoms with Crippen LogP contribution in [0.15, 0.2) is 18.2 Å². The summed E-state index contributed by atoms with van der Waals surface area (Å²) in [6, 6.07) is 3.37. The van der Waals surface area contributed by atoms with Gasteiger partial charge in [0.05, 0.1) is 17.2 Å². The molecule has 1 aliphatic rings. The minimum absolute atomic E-state index is 0.0762. The lowest BCUT2D eigenvalue weighted by atomic mass is 10.2. The number of carbonyl (C=O) groups excluding carboxylic acids is 1. The van der Waals surface area contributed by atoms with Crippen molar-refractivity contribution in [3.8, 4) is 0 Å². The van der Waals surface area contributed by atoms with Gasteiger partial charge in [0, 0.05) is 18.2 Å². The van der Waals surface area contributed by atoms with Crippen molar-refractivity contribution in [2.24, 2.45) is 0 Å². The number of nitrogens with zero attached hydrogens (tertiary/aromatic N) is 1. The SMILES string of the molecule is O=C(CNC1CCCC1)Nc1cc([N+](=O)[O-])ccc1F. The van der Waals surface area contributed by atoms with Crippen LogP contribution in [-0.2, 0) is 4.79 Å². The quantitative estimate of drug-likeness (QED) is 0.640. The van der Waals surface area contributed by atoms with Crippen LogP contribution in [0.5, 0.6) is 0 Å². The van der Waals surface area contributed by atoms with E-state index in [1.807, 2.05) is 0 Å². The molecule has 0 bridgehead atoms. The molecule has 1 amide bonds. The third kappa shape index (κ3) is 3.74. The molecule has 1 aromatic carbocycles. The summed E-state index contributed by atoms with van der Waals surface area (Å²) in [4.78, 5) is 21.7. The molecule has 0 aromatic heterocycles. The van der Waals surface area contributed by atoms with E-state index in [4.69, 9.17) is 0 Å². The first-order valence-electron chi connectivity index (χ1n) is 6.53. The molecule has 1 aromatic rings. The van der Waals surface area contributed by atoms with Gasteiger partial charge in [0.1, 0.15) is 5.82 Å².